The summed E-state index contributed by atoms with van der Waals surface area (Å²) in [7, 11) is 0. The van der Waals surface area contributed by atoms with Crippen molar-refractivity contribution in [3.05, 3.63) is 72.9 Å². The first kappa shape index (κ1) is 65.8. The smallest absolute Gasteiger partial charge is 0.306 e. The van der Waals surface area contributed by atoms with E-state index >= 15 is 0 Å². The van der Waals surface area contributed by atoms with Gasteiger partial charge in [0.15, 0.2) is 6.10 Å². The molecule has 0 saturated heterocycles. The predicted molar refractivity (Wildman–Crippen MR) is 298 cm³/mol. The van der Waals surface area contributed by atoms with Gasteiger partial charge in [0, 0.05) is 19.3 Å². The number of unbranched alkanes of at least 4 members (excludes halogenated alkanes) is 30. The molecule has 0 aromatic rings. The molecule has 0 bridgehead atoms. The van der Waals surface area contributed by atoms with Crippen LogP contribution in [-0.2, 0) is 28.6 Å². The molecule has 0 unspecified atom stereocenters. The summed E-state index contributed by atoms with van der Waals surface area (Å²) < 4.78 is 16.9. The molecule has 0 radical (unpaired) electrons. The van der Waals surface area contributed by atoms with Crippen molar-refractivity contribution in [2.75, 3.05) is 13.2 Å². The van der Waals surface area contributed by atoms with Gasteiger partial charge in [-0.05, 0) is 89.9 Å². The molecule has 69 heavy (non-hydrogen) atoms. The summed E-state index contributed by atoms with van der Waals surface area (Å²) in [5.74, 6) is -0.918. The van der Waals surface area contributed by atoms with Gasteiger partial charge in [0.2, 0.25) is 0 Å². The zero-order chi connectivity index (χ0) is 50.0. The third-order valence-corrected chi connectivity index (χ3v) is 12.7. The lowest BCUT2D eigenvalue weighted by Gasteiger charge is -2.18. The highest BCUT2D eigenvalue weighted by molar-refractivity contribution is 5.71. The number of hydrogen-bond donors (Lipinski definition) is 0. The van der Waals surface area contributed by atoms with Crippen LogP contribution in [0.1, 0.15) is 290 Å². The first-order chi connectivity index (χ1) is 34.0. The van der Waals surface area contributed by atoms with E-state index in [1.54, 1.807) is 0 Å². The van der Waals surface area contributed by atoms with E-state index in [9.17, 15) is 14.4 Å². The molecule has 0 aromatic heterocycles. The standard InChI is InChI=1S/C63H110O6/c1-4-7-10-13-16-19-22-25-27-29-31-33-35-38-41-44-47-50-53-56-62(65)68-59-60(58-67-61(64)55-52-49-46-43-40-37-24-21-18-15-12-9-6-3)69-63(66)57-54-51-48-45-42-39-36-34-32-30-28-26-23-20-17-14-11-8-5-2/h7,10,16,19,21,24-25,27,31,33,38,41,60H,4-6,8-9,11-15,17-18,20,22-23,26,28-30,32,34-37,39-40,42-59H2,1-3H3/b10-7+,19-16+,24-21+,27-25+,33-31+,41-38+/t60-/m1/s1. The van der Waals surface area contributed by atoms with E-state index in [1.165, 1.54) is 148 Å². The van der Waals surface area contributed by atoms with E-state index in [1.807, 2.05) is 0 Å². The second-order valence-corrected chi connectivity index (χ2v) is 19.5. The number of carbonyl (C=O) groups is 3. The van der Waals surface area contributed by atoms with Gasteiger partial charge in [0.1, 0.15) is 13.2 Å². The molecule has 6 nitrogen and oxygen atoms in total. The number of allylic oxidation sites excluding steroid dienone is 12. The van der Waals surface area contributed by atoms with Crippen LogP contribution in [0, 0.1) is 0 Å². The summed E-state index contributed by atoms with van der Waals surface area (Å²) in [4.78, 5) is 38.2. The fourth-order valence-electron chi connectivity index (χ4n) is 8.29. The fourth-order valence-corrected chi connectivity index (χ4v) is 8.29. The predicted octanol–water partition coefficient (Wildman–Crippen LogP) is 19.8. The van der Waals surface area contributed by atoms with Crippen LogP contribution in [0.25, 0.3) is 0 Å². The van der Waals surface area contributed by atoms with Crippen molar-refractivity contribution in [2.45, 2.75) is 297 Å². The molecule has 0 aromatic carbocycles. The largest absolute Gasteiger partial charge is 0.462 e. The quantitative estimate of drug-likeness (QED) is 0.0262. The molecular weight excluding hydrogens is 853 g/mol. The Morgan fingerprint density at radius 1 is 0.304 bits per heavy atom. The Morgan fingerprint density at radius 3 is 0.928 bits per heavy atom. The first-order valence-corrected chi connectivity index (χ1v) is 29.4. The van der Waals surface area contributed by atoms with Crippen LogP contribution in [0.4, 0.5) is 0 Å². The third kappa shape index (κ3) is 55.6. The molecule has 0 rings (SSSR count). The molecule has 0 aliphatic rings. The Bertz CT molecular complexity index is 1290. The number of esters is 3. The monoisotopic (exact) mass is 963 g/mol. The molecule has 0 heterocycles. The fraction of sp³-hybridized carbons (Fsp3) is 0.762. The normalized spacial score (nSPS) is 12.6. The minimum absolute atomic E-state index is 0.0882. The summed E-state index contributed by atoms with van der Waals surface area (Å²) in [5, 5.41) is 0. The van der Waals surface area contributed by atoms with Crippen LogP contribution in [0.5, 0.6) is 0 Å². The van der Waals surface area contributed by atoms with Gasteiger partial charge in [-0.15, -0.1) is 0 Å². The number of rotatable bonds is 53. The van der Waals surface area contributed by atoms with Crippen molar-refractivity contribution >= 4 is 17.9 Å². The summed E-state index contributed by atoms with van der Waals surface area (Å²) in [6, 6.07) is 0. The van der Waals surface area contributed by atoms with Crippen molar-refractivity contribution in [3.63, 3.8) is 0 Å². The summed E-state index contributed by atoms with van der Waals surface area (Å²) in [5.41, 5.74) is 0. The Labute approximate surface area is 427 Å². The number of carbonyl (C=O) groups excluding carboxylic acids is 3. The molecule has 0 N–H and O–H groups in total. The third-order valence-electron chi connectivity index (χ3n) is 12.7. The van der Waals surface area contributed by atoms with Gasteiger partial charge in [-0.25, -0.2) is 0 Å². The Morgan fingerprint density at radius 2 is 0.565 bits per heavy atom. The molecule has 6 heteroatoms. The second-order valence-electron chi connectivity index (χ2n) is 19.5. The molecule has 0 aliphatic carbocycles. The van der Waals surface area contributed by atoms with Crippen LogP contribution in [0.2, 0.25) is 0 Å². The summed E-state index contributed by atoms with van der Waals surface area (Å²) in [6.45, 7) is 6.50. The molecule has 0 amide bonds. The van der Waals surface area contributed by atoms with E-state index in [2.05, 4.69) is 93.7 Å². The van der Waals surface area contributed by atoms with Crippen LogP contribution >= 0.6 is 0 Å². The topological polar surface area (TPSA) is 78.9 Å². The van der Waals surface area contributed by atoms with Crippen LogP contribution in [0.15, 0.2) is 72.9 Å². The highest BCUT2D eigenvalue weighted by atomic mass is 16.6. The summed E-state index contributed by atoms with van der Waals surface area (Å²) in [6.07, 6.45) is 73.2. The second kappa shape index (κ2) is 57.4. The lowest BCUT2D eigenvalue weighted by atomic mass is 10.0. The average Bonchev–Trinajstić information content (AvgIpc) is 3.35. The molecule has 1 atom stereocenters. The maximum Gasteiger partial charge on any atom is 0.306 e. The van der Waals surface area contributed by atoms with Gasteiger partial charge in [-0.2, -0.15) is 0 Å². The SMILES string of the molecule is CC/C=C/C/C=C/C/C=C/C/C=C/C/C=C/CCCCCC(=O)OC[C@@H](COC(=O)CCCCCCC/C=C/CCCCCC)OC(=O)CCCCCCCCCCCCCCCCCCCCC. The molecule has 398 valence electrons. The molecule has 0 spiro atoms. The van der Waals surface area contributed by atoms with Crippen molar-refractivity contribution in [3.8, 4) is 0 Å². The maximum atomic E-state index is 12.9. The van der Waals surface area contributed by atoms with Crippen LogP contribution in [0.3, 0.4) is 0 Å². The molecule has 0 aliphatic heterocycles. The lowest BCUT2D eigenvalue weighted by molar-refractivity contribution is -0.167. The van der Waals surface area contributed by atoms with Gasteiger partial charge >= 0.3 is 17.9 Å². The average molecular weight is 964 g/mol. The maximum absolute atomic E-state index is 12.9. The lowest BCUT2D eigenvalue weighted by Crippen LogP contribution is -2.30. The van der Waals surface area contributed by atoms with Crippen LogP contribution in [-0.4, -0.2) is 37.2 Å². The molecule has 0 saturated carbocycles. The minimum Gasteiger partial charge on any atom is -0.462 e. The zero-order valence-corrected chi connectivity index (χ0v) is 45.6. The highest BCUT2D eigenvalue weighted by Gasteiger charge is 2.19. The minimum atomic E-state index is -0.791. The Kier molecular flexibility index (Phi) is 54.8. The van der Waals surface area contributed by atoms with Crippen LogP contribution < -0.4 is 0 Å². The van der Waals surface area contributed by atoms with E-state index in [-0.39, 0.29) is 31.1 Å². The zero-order valence-electron chi connectivity index (χ0n) is 45.6. The summed E-state index contributed by atoms with van der Waals surface area (Å²) >= 11 is 0. The number of hydrogen-bond acceptors (Lipinski definition) is 6. The van der Waals surface area contributed by atoms with Crippen molar-refractivity contribution in [1.29, 1.82) is 0 Å². The molecule has 0 fully saturated rings. The number of ether oxygens (including phenoxy) is 3. The van der Waals surface area contributed by atoms with Crippen molar-refractivity contribution < 1.29 is 28.6 Å². The van der Waals surface area contributed by atoms with E-state index < -0.39 is 6.10 Å². The Hall–Kier alpha value is -3.15. The van der Waals surface area contributed by atoms with Gasteiger partial charge in [-0.1, -0.05) is 254 Å². The van der Waals surface area contributed by atoms with E-state index in [4.69, 9.17) is 14.2 Å². The first-order valence-electron chi connectivity index (χ1n) is 29.4. The van der Waals surface area contributed by atoms with E-state index in [0.29, 0.717) is 19.3 Å². The van der Waals surface area contributed by atoms with Gasteiger partial charge in [-0.3, -0.25) is 14.4 Å². The molecular formula is C63H110O6. The van der Waals surface area contributed by atoms with Crippen molar-refractivity contribution in [1.82, 2.24) is 0 Å². The van der Waals surface area contributed by atoms with E-state index in [0.717, 1.165) is 103 Å². The van der Waals surface area contributed by atoms with Gasteiger partial charge < -0.3 is 14.2 Å². The van der Waals surface area contributed by atoms with Gasteiger partial charge in [0.05, 0.1) is 0 Å². The Balaban J connectivity index is 4.40. The van der Waals surface area contributed by atoms with Gasteiger partial charge in [0.25, 0.3) is 0 Å². The van der Waals surface area contributed by atoms with Crippen molar-refractivity contribution in [2.24, 2.45) is 0 Å². The highest BCUT2D eigenvalue weighted by Crippen LogP contribution is 2.16.